The number of halogens is 1. The average Bonchev–Trinajstić information content (AvgIpc) is 3.44. The van der Waals surface area contributed by atoms with Crippen LogP contribution in [0.4, 0.5) is 4.39 Å². The van der Waals surface area contributed by atoms with Gasteiger partial charge in [0.05, 0.1) is 6.54 Å². The van der Waals surface area contributed by atoms with Crippen LogP contribution < -0.4 is 16.0 Å². The second-order valence-corrected chi connectivity index (χ2v) is 7.33. The first-order chi connectivity index (χ1) is 12.6. The van der Waals surface area contributed by atoms with Crippen LogP contribution in [0.1, 0.15) is 44.6 Å². The molecular weight excluding hydrogens is 331 g/mol. The minimum atomic E-state index is -0.199. The number of hydrogen-bond acceptors (Lipinski definition) is 2. The van der Waals surface area contributed by atoms with Gasteiger partial charge in [-0.15, -0.1) is 0 Å². The van der Waals surface area contributed by atoms with Gasteiger partial charge in [0, 0.05) is 31.0 Å². The summed E-state index contributed by atoms with van der Waals surface area (Å²) >= 11 is 0. The van der Waals surface area contributed by atoms with Gasteiger partial charge >= 0.3 is 0 Å². The molecule has 142 valence electrons. The molecule has 1 aromatic rings. The van der Waals surface area contributed by atoms with Gasteiger partial charge in [-0.05, 0) is 50.3 Å². The van der Waals surface area contributed by atoms with Crippen molar-refractivity contribution in [2.75, 3.05) is 26.2 Å². The van der Waals surface area contributed by atoms with Gasteiger partial charge in [0.2, 0.25) is 5.91 Å². The van der Waals surface area contributed by atoms with E-state index >= 15 is 0 Å². The van der Waals surface area contributed by atoms with Gasteiger partial charge in [-0.2, -0.15) is 0 Å². The van der Waals surface area contributed by atoms with E-state index in [9.17, 15) is 9.18 Å². The maximum absolute atomic E-state index is 13.2. The number of guanidine groups is 1. The first-order valence-electron chi connectivity index (χ1n) is 9.69. The molecule has 0 aromatic heterocycles. The third-order valence-corrected chi connectivity index (χ3v) is 5.32. The Kier molecular flexibility index (Phi) is 6.12. The molecule has 0 radical (unpaired) electrons. The van der Waals surface area contributed by atoms with Crippen LogP contribution in [0.2, 0.25) is 0 Å². The molecule has 0 unspecified atom stereocenters. The largest absolute Gasteiger partial charge is 0.357 e. The number of nitrogens with zero attached hydrogens (tertiary/aromatic N) is 1. The Morgan fingerprint density at radius 2 is 1.85 bits per heavy atom. The minimum Gasteiger partial charge on any atom is -0.357 e. The first kappa shape index (κ1) is 18.7. The fourth-order valence-electron chi connectivity index (χ4n) is 3.37. The van der Waals surface area contributed by atoms with E-state index in [4.69, 9.17) is 4.99 Å². The minimum absolute atomic E-state index is 0.0240. The van der Waals surface area contributed by atoms with Crippen molar-refractivity contribution in [3.8, 4) is 0 Å². The Morgan fingerprint density at radius 1 is 1.15 bits per heavy atom. The molecule has 2 saturated carbocycles. The van der Waals surface area contributed by atoms with Crippen molar-refractivity contribution in [3.63, 3.8) is 0 Å². The van der Waals surface area contributed by atoms with E-state index in [1.54, 1.807) is 0 Å². The van der Waals surface area contributed by atoms with Crippen LogP contribution in [-0.4, -0.2) is 38.0 Å². The molecule has 0 spiro atoms. The Morgan fingerprint density at radius 3 is 2.42 bits per heavy atom. The van der Waals surface area contributed by atoms with Crippen LogP contribution in [0, 0.1) is 11.7 Å². The van der Waals surface area contributed by atoms with Crippen molar-refractivity contribution >= 4 is 11.9 Å². The van der Waals surface area contributed by atoms with Gasteiger partial charge in [-0.25, -0.2) is 4.39 Å². The van der Waals surface area contributed by atoms with E-state index in [1.165, 1.54) is 24.1 Å². The highest BCUT2D eigenvalue weighted by Gasteiger charge is 2.38. The lowest BCUT2D eigenvalue weighted by Gasteiger charge is -2.41. The molecular formula is C20H29FN4O. The maximum atomic E-state index is 13.2. The molecule has 0 saturated heterocycles. The summed E-state index contributed by atoms with van der Waals surface area (Å²) in [5.74, 6) is 0.973. The predicted molar refractivity (Wildman–Crippen MR) is 102 cm³/mol. The molecule has 3 N–H and O–H groups in total. The molecule has 2 aliphatic rings. The molecule has 6 heteroatoms. The van der Waals surface area contributed by atoms with Gasteiger partial charge in [-0.3, -0.25) is 9.79 Å². The fraction of sp³-hybridized carbons (Fsp3) is 0.600. The number of amides is 1. The van der Waals surface area contributed by atoms with E-state index in [2.05, 4.69) is 16.0 Å². The summed E-state index contributed by atoms with van der Waals surface area (Å²) in [4.78, 5) is 16.4. The Hall–Kier alpha value is -2.11. The van der Waals surface area contributed by atoms with Crippen LogP contribution in [-0.2, 0) is 10.2 Å². The Balaban J connectivity index is 1.53. The standard InChI is InChI=1S/C20H29FN4O/c1-2-22-19(24-13-12-23-18(26)15-4-5-15)25-14-20(10-3-11-20)16-6-8-17(21)9-7-16/h6-9,15H,2-5,10-14H2,1H3,(H,23,26)(H2,22,24,25). The van der Waals surface area contributed by atoms with E-state index in [0.29, 0.717) is 19.6 Å². The van der Waals surface area contributed by atoms with Gasteiger partial charge in [0.15, 0.2) is 5.96 Å². The van der Waals surface area contributed by atoms with E-state index in [-0.39, 0.29) is 23.1 Å². The first-order valence-corrected chi connectivity index (χ1v) is 9.69. The molecule has 0 aliphatic heterocycles. The number of rotatable bonds is 8. The number of benzene rings is 1. The molecule has 1 aromatic carbocycles. The highest BCUT2D eigenvalue weighted by atomic mass is 19.1. The molecule has 2 aliphatic carbocycles. The Labute approximate surface area is 154 Å². The molecule has 0 atom stereocenters. The third kappa shape index (κ3) is 4.74. The summed E-state index contributed by atoms with van der Waals surface area (Å²) in [7, 11) is 0. The molecule has 0 heterocycles. The summed E-state index contributed by atoms with van der Waals surface area (Å²) in [6, 6.07) is 6.84. The fourth-order valence-corrected chi connectivity index (χ4v) is 3.37. The second kappa shape index (κ2) is 8.52. The molecule has 0 bridgehead atoms. The maximum Gasteiger partial charge on any atom is 0.223 e. The van der Waals surface area contributed by atoms with Gasteiger partial charge in [0.1, 0.15) is 5.82 Å². The van der Waals surface area contributed by atoms with Crippen molar-refractivity contribution in [1.29, 1.82) is 0 Å². The van der Waals surface area contributed by atoms with Gasteiger partial charge in [0.25, 0.3) is 0 Å². The highest BCUT2D eigenvalue weighted by molar-refractivity contribution is 5.81. The highest BCUT2D eigenvalue weighted by Crippen LogP contribution is 2.44. The van der Waals surface area contributed by atoms with Crippen LogP contribution in [0.25, 0.3) is 0 Å². The van der Waals surface area contributed by atoms with Crippen molar-refractivity contribution in [2.24, 2.45) is 10.9 Å². The number of hydrogen-bond donors (Lipinski definition) is 3. The topological polar surface area (TPSA) is 65.5 Å². The smallest absolute Gasteiger partial charge is 0.223 e. The van der Waals surface area contributed by atoms with Crippen LogP contribution >= 0.6 is 0 Å². The zero-order valence-corrected chi connectivity index (χ0v) is 15.5. The summed E-state index contributed by atoms with van der Waals surface area (Å²) in [6.07, 6.45) is 5.39. The summed E-state index contributed by atoms with van der Waals surface area (Å²) in [5, 5.41) is 9.48. The third-order valence-electron chi connectivity index (χ3n) is 5.32. The summed E-state index contributed by atoms with van der Waals surface area (Å²) in [6.45, 7) is 4.74. The number of nitrogens with one attached hydrogen (secondary N) is 3. The average molecular weight is 360 g/mol. The molecule has 5 nitrogen and oxygen atoms in total. The zero-order chi connectivity index (χ0) is 18.4. The van der Waals surface area contributed by atoms with Crippen molar-refractivity contribution < 1.29 is 9.18 Å². The number of carbonyl (C=O) groups is 1. The lowest BCUT2D eigenvalue weighted by molar-refractivity contribution is -0.122. The predicted octanol–water partition coefficient (Wildman–Crippen LogP) is 2.33. The molecule has 2 fully saturated rings. The van der Waals surface area contributed by atoms with Crippen molar-refractivity contribution in [2.45, 2.75) is 44.4 Å². The van der Waals surface area contributed by atoms with Crippen LogP contribution in [0.3, 0.4) is 0 Å². The molecule has 1 amide bonds. The monoisotopic (exact) mass is 360 g/mol. The molecule has 26 heavy (non-hydrogen) atoms. The number of carbonyl (C=O) groups excluding carboxylic acids is 1. The van der Waals surface area contributed by atoms with Gasteiger partial charge < -0.3 is 16.0 Å². The summed E-state index contributed by atoms with van der Waals surface area (Å²) in [5.41, 5.74) is 1.19. The van der Waals surface area contributed by atoms with E-state index in [1.807, 2.05) is 19.1 Å². The van der Waals surface area contributed by atoms with Crippen LogP contribution in [0.5, 0.6) is 0 Å². The normalized spacial score (nSPS) is 18.8. The lowest BCUT2D eigenvalue weighted by Crippen LogP contribution is -2.44. The molecule has 3 rings (SSSR count). The second-order valence-electron chi connectivity index (χ2n) is 7.33. The van der Waals surface area contributed by atoms with Crippen molar-refractivity contribution in [3.05, 3.63) is 35.6 Å². The SMILES string of the molecule is CCNC(=NCC1(c2ccc(F)cc2)CCC1)NCCNC(=O)C1CC1. The lowest BCUT2D eigenvalue weighted by atomic mass is 9.64. The van der Waals surface area contributed by atoms with E-state index in [0.717, 1.165) is 38.2 Å². The van der Waals surface area contributed by atoms with Crippen LogP contribution in [0.15, 0.2) is 29.3 Å². The van der Waals surface area contributed by atoms with E-state index < -0.39 is 0 Å². The number of aliphatic imine (C=N–C) groups is 1. The van der Waals surface area contributed by atoms with Gasteiger partial charge in [-0.1, -0.05) is 18.6 Å². The Bertz CT molecular complexity index is 636. The zero-order valence-electron chi connectivity index (χ0n) is 15.5. The van der Waals surface area contributed by atoms with Crippen molar-refractivity contribution in [1.82, 2.24) is 16.0 Å². The summed E-state index contributed by atoms with van der Waals surface area (Å²) < 4.78 is 13.2. The quantitative estimate of drug-likeness (QED) is 0.379.